The van der Waals surface area contributed by atoms with E-state index < -0.39 is 17.9 Å². The lowest BCUT2D eigenvalue weighted by Gasteiger charge is -2.28. The Kier molecular flexibility index (Phi) is 6.85. The SMILES string of the molecule is CCOC(=O)CC1=C(C(=O)OCC)[C@H](c2ccccc2Cl)C(C#N)=C(N)O1. The summed E-state index contributed by atoms with van der Waals surface area (Å²) >= 11 is 6.30. The number of nitriles is 1. The van der Waals surface area contributed by atoms with Gasteiger partial charge in [-0.25, -0.2) is 4.79 Å². The van der Waals surface area contributed by atoms with Gasteiger partial charge < -0.3 is 19.9 Å². The first-order valence-corrected chi connectivity index (χ1v) is 8.70. The van der Waals surface area contributed by atoms with Gasteiger partial charge in [0.05, 0.1) is 24.7 Å². The highest BCUT2D eigenvalue weighted by molar-refractivity contribution is 6.31. The lowest BCUT2D eigenvalue weighted by Crippen LogP contribution is -2.27. The molecule has 0 fully saturated rings. The summed E-state index contributed by atoms with van der Waals surface area (Å²) in [4.78, 5) is 24.7. The molecule has 1 aromatic carbocycles. The monoisotopic (exact) mass is 390 g/mol. The summed E-state index contributed by atoms with van der Waals surface area (Å²) in [7, 11) is 0. The van der Waals surface area contributed by atoms with Crippen LogP contribution < -0.4 is 5.73 Å². The summed E-state index contributed by atoms with van der Waals surface area (Å²) in [6.45, 7) is 3.58. The molecule has 0 spiro atoms. The van der Waals surface area contributed by atoms with Crippen LogP contribution in [0.25, 0.3) is 0 Å². The minimum Gasteiger partial charge on any atom is -0.466 e. The van der Waals surface area contributed by atoms with Crippen LogP contribution in [-0.2, 0) is 23.8 Å². The molecule has 0 bridgehead atoms. The van der Waals surface area contributed by atoms with Crippen molar-refractivity contribution in [2.45, 2.75) is 26.2 Å². The van der Waals surface area contributed by atoms with Crippen molar-refractivity contribution >= 4 is 23.5 Å². The van der Waals surface area contributed by atoms with Crippen LogP contribution in [0.1, 0.15) is 31.7 Å². The molecule has 0 unspecified atom stereocenters. The highest BCUT2D eigenvalue weighted by Gasteiger charge is 2.39. The van der Waals surface area contributed by atoms with Crippen LogP contribution in [0, 0.1) is 11.3 Å². The van der Waals surface area contributed by atoms with Gasteiger partial charge in [-0.3, -0.25) is 4.79 Å². The molecular formula is C19H19ClN2O5. The summed E-state index contributed by atoms with van der Waals surface area (Å²) in [5.74, 6) is -2.45. The summed E-state index contributed by atoms with van der Waals surface area (Å²) in [6, 6.07) is 8.71. The van der Waals surface area contributed by atoms with Crippen molar-refractivity contribution in [2.75, 3.05) is 13.2 Å². The fourth-order valence-corrected chi connectivity index (χ4v) is 2.99. The Balaban J connectivity index is 2.66. The van der Waals surface area contributed by atoms with Gasteiger partial charge >= 0.3 is 11.9 Å². The molecule has 0 saturated carbocycles. The maximum Gasteiger partial charge on any atom is 0.338 e. The quantitative estimate of drug-likeness (QED) is 0.743. The van der Waals surface area contributed by atoms with Crippen LogP contribution in [-0.4, -0.2) is 25.2 Å². The van der Waals surface area contributed by atoms with Gasteiger partial charge in [0.25, 0.3) is 0 Å². The topological polar surface area (TPSA) is 112 Å². The smallest absolute Gasteiger partial charge is 0.338 e. The Bertz CT molecular complexity index is 854. The number of carbonyl (C=O) groups is 2. The lowest BCUT2D eigenvalue weighted by atomic mass is 9.82. The third-order valence-corrected chi connectivity index (χ3v) is 4.16. The average molecular weight is 391 g/mol. The number of allylic oxidation sites excluding steroid dienone is 1. The number of hydrogen-bond acceptors (Lipinski definition) is 7. The molecule has 0 radical (unpaired) electrons. The molecule has 1 aliphatic heterocycles. The van der Waals surface area contributed by atoms with Gasteiger partial charge in [-0.15, -0.1) is 0 Å². The van der Waals surface area contributed by atoms with Gasteiger partial charge in [0.15, 0.2) is 0 Å². The Hall–Kier alpha value is -2.98. The van der Waals surface area contributed by atoms with Crippen molar-refractivity contribution in [1.29, 1.82) is 5.26 Å². The maximum absolute atomic E-state index is 12.7. The van der Waals surface area contributed by atoms with Crippen LogP contribution >= 0.6 is 11.6 Å². The number of ether oxygens (including phenoxy) is 3. The molecule has 0 aliphatic carbocycles. The molecule has 2 N–H and O–H groups in total. The Labute approximate surface area is 161 Å². The first-order chi connectivity index (χ1) is 12.9. The van der Waals surface area contributed by atoms with Crippen molar-refractivity contribution in [1.82, 2.24) is 0 Å². The van der Waals surface area contributed by atoms with E-state index in [1.54, 1.807) is 38.1 Å². The van der Waals surface area contributed by atoms with Crippen LogP contribution in [0.2, 0.25) is 5.02 Å². The van der Waals surface area contributed by atoms with Crippen LogP contribution in [0.4, 0.5) is 0 Å². The summed E-state index contributed by atoms with van der Waals surface area (Å²) in [6.07, 6.45) is -0.331. The first-order valence-electron chi connectivity index (χ1n) is 8.32. The van der Waals surface area contributed by atoms with Gasteiger partial charge in [0, 0.05) is 5.02 Å². The number of nitrogens with two attached hydrogens (primary N) is 1. The van der Waals surface area contributed by atoms with E-state index >= 15 is 0 Å². The second-order valence-corrected chi connectivity index (χ2v) is 5.89. The molecule has 142 valence electrons. The predicted molar refractivity (Wildman–Crippen MR) is 97.0 cm³/mol. The molecule has 1 heterocycles. The van der Waals surface area contributed by atoms with Gasteiger partial charge in [0.2, 0.25) is 5.88 Å². The number of rotatable bonds is 6. The zero-order valence-corrected chi connectivity index (χ0v) is 15.7. The van der Waals surface area contributed by atoms with Crippen molar-refractivity contribution in [3.8, 4) is 6.07 Å². The van der Waals surface area contributed by atoms with E-state index in [2.05, 4.69) is 0 Å². The highest BCUT2D eigenvalue weighted by atomic mass is 35.5. The number of esters is 2. The largest absolute Gasteiger partial charge is 0.466 e. The van der Waals surface area contributed by atoms with Crippen LogP contribution in [0.5, 0.6) is 0 Å². The van der Waals surface area contributed by atoms with Crippen molar-refractivity contribution < 1.29 is 23.8 Å². The average Bonchev–Trinajstić information content (AvgIpc) is 2.62. The number of benzene rings is 1. The fraction of sp³-hybridized carbons (Fsp3) is 0.316. The summed E-state index contributed by atoms with van der Waals surface area (Å²) in [5.41, 5.74) is 6.39. The zero-order valence-electron chi connectivity index (χ0n) is 15.0. The molecule has 1 aromatic rings. The summed E-state index contributed by atoms with van der Waals surface area (Å²) in [5, 5.41) is 9.92. The van der Waals surface area contributed by atoms with Gasteiger partial charge in [-0.2, -0.15) is 5.26 Å². The molecule has 0 saturated heterocycles. The third kappa shape index (κ3) is 4.41. The van der Waals surface area contributed by atoms with Crippen LogP contribution in [0.15, 0.2) is 47.1 Å². The standard InChI is InChI=1S/C19H19ClN2O5/c1-3-25-15(23)9-14-17(19(24)26-4-2)16(12(10-21)18(22)27-14)11-7-5-6-8-13(11)20/h5-8,16H,3-4,9,22H2,1-2H3/t16-/m1/s1. The van der Waals surface area contributed by atoms with Crippen molar-refractivity contribution in [3.05, 3.63) is 57.6 Å². The van der Waals surface area contributed by atoms with Crippen LogP contribution in [0.3, 0.4) is 0 Å². The molecular weight excluding hydrogens is 372 g/mol. The van der Waals surface area contributed by atoms with E-state index in [-0.39, 0.29) is 42.4 Å². The third-order valence-electron chi connectivity index (χ3n) is 3.82. The Morgan fingerprint density at radius 1 is 1.26 bits per heavy atom. The number of halogens is 1. The predicted octanol–water partition coefficient (Wildman–Crippen LogP) is 2.92. The lowest BCUT2D eigenvalue weighted by molar-refractivity contribution is -0.143. The van der Waals surface area contributed by atoms with E-state index in [4.69, 9.17) is 31.5 Å². The molecule has 1 atom stereocenters. The molecule has 1 aliphatic rings. The summed E-state index contributed by atoms with van der Waals surface area (Å²) < 4.78 is 15.5. The molecule has 2 rings (SSSR count). The molecule has 0 amide bonds. The molecule has 27 heavy (non-hydrogen) atoms. The second-order valence-electron chi connectivity index (χ2n) is 5.49. The van der Waals surface area contributed by atoms with Crippen molar-refractivity contribution in [2.24, 2.45) is 5.73 Å². The zero-order chi connectivity index (χ0) is 20.0. The minimum atomic E-state index is -0.916. The van der Waals surface area contributed by atoms with Crippen molar-refractivity contribution in [3.63, 3.8) is 0 Å². The second kappa shape index (κ2) is 9.10. The molecule has 0 aromatic heterocycles. The van der Waals surface area contributed by atoms with E-state index in [9.17, 15) is 14.9 Å². The van der Waals surface area contributed by atoms with Gasteiger partial charge in [-0.1, -0.05) is 29.8 Å². The van der Waals surface area contributed by atoms with E-state index in [0.717, 1.165) is 0 Å². The fourth-order valence-electron chi connectivity index (χ4n) is 2.75. The Morgan fingerprint density at radius 3 is 2.52 bits per heavy atom. The molecule has 7 nitrogen and oxygen atoms in total. The Morgan fingerprint density at radius 2 is 1.93 bits per heavy atom. The number of carbonyl (C=O) groups excluding carboxylic acids is 2. The first kappa shape index (κ1) is 20.3. The van der Waals surface area contributed by atoms with E-state index in [0.29, 0.717) is 10.6 Å². The van der Waals surface area contributed by atoms with E-state index in [1.165, 1.54) is 0 Å². The number of nitrogens with zero attached hydrogens (tertiary/aromatic N) is 1. The molecule has 8 heteroatoms. The minimum absolute atomic E-state index is 0.00348. The normalized spacial score (nSPS) is 16.4. The van der Waals surface area contributed by atoms with E-state index in [1.807, 2.05) is 6.07 Å². The number of hydrogen-bond donors (Lipinski definition) is 1. The van der Waals surface area contributed by atoms with Gasteiger partial charge in [-0.05, 0) is 25.5 Å². The van der Waals surface area contributed by atoms with Gasteiger partial charge in [0.1, 0.15) is 23.8 Å². The maximum atomic E-state index is 12.7. The highest BCUT2D eigenvalue weighted by Crippen LogP contribution is 2.42.